The zero-order valence-corrected chi connectivity index (χ0v) is 12.1. The molecule has 0 bridgehead atoms. The molecule has 0 spiro atoms. The average Bonchev–Trinajstić information content (AvgIpc) is 2.83. The van der Waals surface area contributed by atoms with E-state index in [1.54, 1.807) is 6.08 Å². The van der Waals surface area contributed by atoms with Gasteiger partial charge in [0.05, 0.1) is 5.57 Å². The number of rotatable bonds is 2. The lowest BCUT2D eigenvalue weighted by atomic mass is 10.1. The highest BCUT2D eigenvalue weighted by molar-refractivity contribution is 6.05. The molecule has 0 radical (unpaired) electrons. The van der Waals surface area contributed by atoms with Crippen LogP contribution in [-0.2, 0) is 9.53 Å². The summed E-state index contributed by atoms with van der Waals surface area (Å²) >= 11 is 0. The highest BCUT2D eigenvalue weighted by Gasteiger charge is 2.21. The van der Waals surface area contributed by atoms with Crippen molar-refractivity contribution in [3.8, 4) is 0 Å². The third-order valence-corrected chi connectivity index (χ3v) is 3.46. The van der Waals surface area contributed by atoms with E-state index < -0.39 is 0 Å². The Morgan fingerprint density at radius 3 is 2.05 bits per heavy atom. The molecule has 0 unspecified atom stereocenters. The van der Waals surface area contributed by atoms with Crippen molar-refractivity contribution in [3.05, 3.63) is 82.4 Å². The van der Waals surface area contributed by atoms with Crippen molar-refractivity contribution in [2.24, 2.45) is 0 Å². The van der Waals surface area contributed by atoms with Crippen molar-refractivity contribution < 1.29 is 9.53 Å². The van der Waals surface area contributed by atoms with Crippen molar-refractivity contribution in [1.29, 1.82) is 0 Å². The maximum Gasteiger partial charge on any atom is 0.343 e. The van der Waals surface area contributed by atoms with Crippen LogP contribution in [0.15, 0.2) is 60.2 Å². The van der Waals surface area contributed by atoms with Crippen LogP contribution in [0.1, 0.15) is 22.3 Å². The molecule has 0 fully saturated rings. The second-order valence-corrected chi connectivity index (χ2v) is 5.27. The molecule has 0 N–H and O–H groups in total. The molecule has 2 nitrogen and oxygen atoms in total. The second kappa shape index (κ2) is 5.41. The zero-order valence-electron chi connectivity index (χ0n) is 12.1. The second-order valence-electron chi connectivity index (χ2n) is 5.27. The van der Waals surface area contributed by atoms with Crippen molar-refractivity contribution >= 4 is 17.8 Å². The van der Waals surface area contributed by atoms with Gasteiger partial charge in [-0.1, -0.05) is 59.7 Å². The van der Waals surface area contributed by atoms with Gasteiger partial charge >= 0.3 is 5.97 Å². The van der Waals surface area contributed by atoms with E-state index >= 15 is 0 Å². The molecule has 21 heavy (non-hydrogen) atoms. The Bertz CT molecular complexity index is 732. The monoisotopic (exact) mass is 276 g/mol. The summed E-state index contributed by atoms with van der Waals surface area (Å²) in [7, 11) is 0. The summed E-state index contributed by atoms with van der Waals surface area (Å²) in [6.07, 6.45) is 3.65. The summed E-state index contributed by atoms with van der Waals surface area (Å²) in [5.41, 5.74) is 4.87. The number of hydrogen-bond acceptors (Lipinski definition) is 2. The van der Waals surface area contributed by atoms with Crippen LogP contribution >= 0.6 is 0 Å². The minimum absolute atomic E-state index is 0.300. The van der Waals surface area contributed by atoms with Gasteiger partial charge < -0.3 is 4.74 Å². The van der Waals surface area contributed by atoms with Crippen LogP contribution in [0.2, 0.25) is 0 Å². The molecule has 1 heterocycles. The summed E-state index contributed by atoms with van der Waals surface area (Å²) in [5.74, 6) is 0.310. The van der Waals surface area contributed by atoms with E-state index in [0.29, 0.717) is 11.3 Å². The number of cyclic esters (lactones) is 1. The Balaban J connectivity index is 1.91. The van der Waals surface area contributed by atoms with Gasteiger partial charge in [-0.05, 0) is 31.6 Å². The maximum atomic E-state index is 12.0. The fraction of sp³-hybridized carbons (Fsp3) is 0.105. The first kappa shape index (κ1) is 13.4. The predicted octanol–water partition coefficient (Wildman–Crippen LogP) is 4.28. The van der Waals surface area contributed by atoms with Crippen LogP contribution in [0.4, 0.5) is 0 Å². The first-order valence-electron chi connectivity index (χ1n) is 6.91. The lowest BCUT2D eigenvalue weighted by molar-refractivity contribution is -0.130. The van der Waals surface area contributed by atoms with Crippen LogP contribution < -0.4 is 0 Å². The molecule has 104 valence electrons. The Morgan fingerprint density at radius 2 is 1.43 bits per heavy atom. The highest BCUT2D eigenvalue weighted by atomic mass is 16.5. The zero-order chi connectivity index (χ0) is 14.8. The standard InChI is InChI=1S/C19H16O2/c1-13-3-7-15(8-4-13)11-17-12-18(21-19(17)20)16-9-5-14(2)6-10-16/h3-12H,1-2H3/b17-11-. The summed E-state index contributed by atoms with van der Waals surface area (Å²) in [6, 6.07) is 16.0. The number of ether oxygens (including phenoxy) is 1. The summed E-state index contributed by atoms with van der Waals surface area (Å²) in [5, 5.41) is 0. The van der Waals surface area contributed by atoms with Gasteiger partial charge in [0.2, 0.25) is 0 Å². The lowest BCUT2D eigenvalue weighted by Gasteiger charge is -2.01. The molecule has 0 aromatic heterocycles. The van der Waals surface area contributed by atoms with Gasteiger partial charge in [-0.25, -0.2) is 4.79 Å². The van der Waals surface area contributed by atoms with E-state index in [2.05, 4.69) is 0 Å². The molecule has 0 saturated carbocycles. The molecular formula is C19H16O2. The molecule has 2 heteroatoms. The molecule has 0 amide bonds. The summed E-state index contributed by atoms with van der Waals surface area (Å²) in [6.45, 7) is 4.07. The van der Waals surface area contributed by atoms with Crippen molar-refractivity contribution in [2.45, 2.75) is 13.8 Å². The number of benzene rings is 2. The number of carbonyl (C=O) groups is 1. The highest BCUT2D eigenvalue weighted by Crippen LogP contribution is 2.27. The molecule has 0 aliphatic carbocycles. The SMILES string of the molecule is Cc1ccc(/C=C2/C=C(c3ccc(C)cc3)OC2=O)cc1. The Labute approximate surface area is 124 Å². The number of carbonyl (C=O) groups excluding carboxylic acids is 1. The van der Waals surface area contributed by atoms with Crippen molar-refractivity contribution in [3.63, 3.8) is 0 Å². The molecule has 2 aromatic rings. The summed E-state index contributed by atoms with van der Waals surface area (Å²) in [4.78, 5) is 12.0. The predicted molar refractivity (Wildman–Crippen MR) is 84.4 cm³/mol. The van der Waals surface area contributed by atoms with Gasteiger partial charge in [-0.15, -0.1) is 0 Å². The molecule has 3 rings (SSSR count). The minimum Gasteiger partial charge on any atom is -0.422 e. The Kier molecular flexibility index (Phi) is 3.44. The van der Waals surface area contributed by atoms with Gasteiger partial charge in [0.1, 0.15) is 5.76 Å². The fourth-order valence-electron chi connectivity index (χ4n) is 2.19. The van der Waals surface area contributed by atoms with Crippen molar-refractivity contribution in [2.75, 3.05) is 0 Å². The van der Waals surface area contributed by atoms with Crippen LogP contribution in [0.25, 0.3) is 11.8 Å². The molecule has 2 aromatic carbocycles. The van der Waals surface area contributed by atoms with Gasteiger partial charge in [-0.2, -0.15) is 0 Å². The third kappa shape index (κ3) is 2.95. The molecule has 0 saturated heterocycles. The Morgan fingerprint density at radius 1 is 0.857 bits per heavy atom. The molecule has 1 aliphatic rings. The smallest absolute Gasteiger partial charge is 0.343 e. The van der Waals surface area contributed by atoms with Crippen LogP contribution in [0.3, 0.4) is 0 Å². The number of aryl methyl sites for hydroxylation is 2. The minimum atomic E-state index is -0.300. The van der Waals surface area contributed by atoms with Crippen LogP contribution in [0.5, 0.6) is 0 Å². The van der Waals surface area contributed by atoms with E-state index in [1.165, 1.54) is 11.1 Å². The summed E-state index contributed by atoms with van der Waals surface area (Å²) < 4.78 is 5.35. The van der Waals surface area contributed by atoms with Crippen LogP contribution in [0, 0.1) is 13.8 Å². The first-order valence-corrected chi connectivity index (χ1v) is 6.91. The van der Waals surface area contributed by atoms with Gasteiger partial charge in [0, 0.05) is 5.56 Å². The average molecular weight is 276 g/mol. The third-order valence-electron chi connectivity index (χ3n) is 3.46. The van der Waals surface area contributed by atoms with Crippen LogP contribution in [-0.4, -0.2) is 5.97 Å². The van der Waals surface area contributed by atoms with Crippen molar-refractivity contribution in [1.82, 2.24) is 0 Å². The van der Waals surface area contributed by atoms with Gasteiger partial charge in [-0.3, -0.25) is 0 Å². The number of hydrogen-bond donors (Lipinski definition) is 0. The van der Waals surface area contributed by atoms with Gasteiger partial charge in [0.15, 0.2) is 0 Å². The van der Waals surface area contributed by atoms with E-state index in [-0.39, 0.29) is 5.97 Å². The molecule has 0 atom stereocenters. The fourth-order valence-corrected chi connectivity index (χ4v) is 2.19. The Hall–Kier alpha value is -2.61. The number of esters is 1. The van der Waals surface area contributed by atoms with E-state index in [0.717, 1.165) is 11.1 Å². The normalized spacial score (nSPS) is 16.0. The topological polar surface area (TPSA) is 26.3 Å². The molecule has 1 aliphatic heterocycles. The van der Waals surface area contributed by atoms with E-state index in [9.17, 15) is 4.79 Å². The molecular weight excluding hydrogens is 260 g/mol. The quantitative estimate of drug-likeness (QED) is 0.604. The lowest BCUT2D eigenvalue weighted by Crippen LogP contribution is -1.97. The van der Waals surface area contributed by atoms with Gasteiger partial charge in [0.25, 0.3) is 0 Å². The van der Waals surface area contributed by atoms with E-state index in [1.807, 2.05) is 68.5 Å². The van der Waals surface area contributed by atoms with E-state index in [4.69, 9.17) is 4.74 Å². The largest absolute Gasteiger partial charge is 0.422 e. The maximum absolute atomic E-state index is 12.0. The first-order chi connectivity index (χ1) is 10.1.